The minimum atomic E-state index is -0.248. The fourth-order valence-electron chi connectivity index (χ4n) is 2.46. The van der Waals surface area contributed by atoms with Gasteiger partial charge in [0.1, 0.15) is 12.4 Å². The lowest BCUT2D eigenvalue weighted by atomic mass is 10.1. The van der Waals surface area contributed by atoms with Crippen molar-refractivity contribution in [2.45, 2.75) is 32.7 Å². The van der Waals surface area contributed by atoms with E-state index in [0.29, 0.717) is 12.5 Å². The third kappa shape index (κ3) is 7.00. The van der Waals surface area contributed by atoms with E-state index in [1.54, 1.807) is 20.2 Å². The molecule has 6 nitrogen and oxygen atoms in total. The van der Waals surface area contributed by atoms with Crippen LogP contribution in [0.4, 0.5) is 4.39 Å². The molecule has 3 N–H and O–H groups in total. The highest BCUT2D eigenvalue weighted by Crippen LogP contribution is 2.19. The Labute approximate surface area is 177 Å². The van der Waals surface area contributed by atoms with Gasteiger partial charge in [-0.25, -0.2) is 9.38 Å². The van der Waals surface area contributed by atoms with Crippen molar-refractivity contribution in [3.63, 3.8) is 0 Å². The number of carbonyl (C=O) groups excluding carboxylic acids is 1. The number of nitrogens with one attached hydrogen (secondary N) is 3. The number of nitrogens with zero attached hydrogens (tertiary/aromatic N) is 2. The number of carbonyl (C=O) groups is 1. The normalized spacial score (nSPS) is 12.4. The van der Waals surface area contributed by atoms with Gasteiger partial charge in [-0.1, -0.05) is 6.92 Å². The fourth-order valence-corrected chi connectivity index (χ4v) is 2.46. The third-order valence-corrected chi connectivity index (χ3v) is 4.28. The minimum absolute atomic E-state index is 0. The molecule has 0 fully saturated rings. The van der Waals surface area contributed by atoms with Crippen molar-refractivity contribution < 1.29 is 9.18 Å². The molecule has 1 atom stereocenters. The fraction of sp³-hybridized carbons (Fsp3) is 0.474. The first-order valence-corrected chi connectivity index (χ1v) is 8.91. The Morgan fingerprint density at radius 2 is 2.11 bits per heavy atom. The van der Waals surface area contributed by atoms with Gasteiger partial charge in [-0.3, -0.25) is 4.79 Å². The highest BCUT2D eigenvalue weighted by Gasteiger charge is 2.08. The number of H-pyrrole nitrogens is 1. The number of amides is 1. The molecule has 1 aromatic carbocycles. The van der Waals surface area contributed by atoms with Crippen LogP contribution in [0, 0.1) is 5.82 Å². The second-order valence-electron chi connectivity index (χ2n) is 6.59. The molecule has 0 saturated heterocycles. The van der Waals surface area contributed by atoms with Gasteiger partial charge in [-0.2, -0.15) is 0 Å². The maximum atomic E-state index is 13.3. The summed E-state index contributed by atoms with van der Waals surface area (Å²) in [6, 6.07) is 5.01. The number of aliphatic imine (C=N–C) groups is 1. The number of aromatic nitrogens is 1. The largest absolute Gasteiger partial charge is 0.361 e. The summed E-state index contributed by atoms with van der Waals surface area (Å²) in [6.45, 7) is 4.92. The monoisotopic (exact) mass is 489 g/mol. The van der Waals surface area contributed by atoms with E-state index in [1.807, 2.05) is 6.20 Å². The first kappa shape index (κ1) is 23.2. The number of guanidine groups is 1. The second kappa shape index (κ2) is 11.1. The molecule has 1 aromatic heterocycles. The van der Waals surface area contributed by atoms with E-state index in [2.05, 4.69) is 34.5 Å². The van der Waals surface area contributed by atoms with Gasteiger partial charge in [0.25, 0.3) is 0 Å². The molecule has 2 rings (SSSR count). The Morgan fingerprint density at radius 1 is 1.37 bits per heavy atom. The zero-order valence-electron chi connectivity index (χ0n) is 16.3. The number of rotatable bonds is 7. The van der Waals surface area contributed by atoms with Crippen LogP contribution in [-0.2, 0) is 11.2 Å². The van der Waals surface area contributed by atoms with Crippen LogP contribution < -0.4 is 10.6 Å². The van der Waals surface area contributed by atoms with Crippen LogP contribution in [0.3, 0.4) is 0 Å². The lowest BCUT2D eigenvalue weighted by Crippen LogP contribution is -2.43. The number of likely N-dealkylation sites (N-methyl/N-ethyl adjacent to an activating group) is 1. The molecule has 0 bridgehead atoms. The molecule has 1 amide bonds. The summed E-state index contributed by atoms with van der Waals surface area (Å²) in [7, 11) is 3.43. The van der Waals surface area contributed by atoms with Gasteiger partial charge in [-0.05, 0) is 43.5 Å². The number of halogens is 2. The topological polar surface area (TPSA) is 72.5 Å². The van der Waals surface area contributed by atoms with E-state index in [-0.39, 0.29) is 48.3 Å². The zero-order valence-corrected chi connectivity index (χ0v) is 18.6. The first-order valence-electron chi connectivity index (χ1n) is 8.91. The van der Waals surface area contributed by atoms with Crippen LogP contribution in [0.1, 0.15) is 25.8 Å². The standard InChI is InChI=1S/C19H28FN5O.HI/c1-5-13(2)24-19(23-12-18(26)25(3)4)21-9-8-14-11-22-17-10-15(20)6-7-16(14)17;/h6-7,10-11,13,22H,5,8-9,12H2,1-4H3,(H2,21,23,24);1H. The highest BCUT2D eigenvalue weighted by molar-refractivity contribution is 14.0. The molecule has 0 aliphatic carbocycles. The molecule has 150 valence electrons. The Hall–Kier alpha value is -1.84. The SMILES string of the molecule is CCC(C)NC(=NCC(=O)N(C)C)NCCc1c[nH]c2cc(F)ccc12.I. The van der Waals surface area contributed by atoms with Crippen LogP contribution >= 0.6 is 24.0 Å². The van der Waals surface area contributed by atoms with E-state index >= 15 is 0 Å². The summed E-state index contributed by atoms with van der Waals surface area (Å²) < 4.78 is 13.3. The Balaban J connectivity index is 0.00000364. The molecule has 27 heavy (non-hydrogen) atoms. The van der Waals surface area contributed by atoms with E-state index in [4.69, 9.17) is 0 Å². The minimum Gasteiger partial charge on any atom is -0.361 e. The predicted molar refractivity (Wildman–Crippen MR) is 119 cm³/mol. The molecule has 0 spiro atoms. The summed E-state index contributed by atoms with van der Waals surface area (Å²) in [5.74, 6) is 0.330. The van der Waals surface area contributed by atoms with Crippen molar-refractivity contribution in [2.75, 3.05) is 27.2 Å². The van der Waals surface area contributed by atoms with Gasteiger partial charge in [0.15, 0.2) is 5.96 Å². The summed E-state index contributed by atoms with van der Waals surface area (Å²) >= 11 is 0. The Morgan fingerprint density at radius 3 is 2.78 bits per heavy atom. The molecule has 2 aromatic rings. The molecule has 0 radical (unpaired) electrons. The maximum Gasteiger partial charge on any atom is 0.243 e. The summed E-state index contributed by atoms with van der Waals surface area (Å²) in [6.07, 6.45) is 3.62. The number of benzene rings is 1. The van der Waals surface area contributed by atoms with Crippen molar-refractivity contribution in [1.29, 1.82) is 0 Å². The van der Waals surface area contributed by atoms with E-state index < -0.39 is 0 Å². The number of fused-ring (bicyclic) bond motifs is 1. The molecule has 8 heteroatoms. The molecule has 1 heterocycles. The average molecular weight is 489 g/mol. The molecule has 1 unspecified atom stereocenters. The van der Waals surface area contributed by atoms with Gasteiger partial charge in [-0.15, -0.1) is 24.0 Å². The van der Waals surface area contributed by atoms with Crippen molar-refractivity contribution in [3.8, 4) is 0 Å². The van der Waals surface area contributed by atoms with E-state index in [0.717, 1.165) is 29.3 Å². The maximum absolute atomic E-state index is 13.3. The highest BCUT2D eigenvalue weighted by atomic mass is 127. The molecule has 0 aliphatic heterocycles. The predicted octanol–water partition coefficient (Wildman–Crippen LogP) is 2.89. The van der Waals surface area contributed by atoms with E-state index in [1.165, 1.54) is 17.0 Å². The smallest absolute Gasteiger partial charge is 0.243 e. The molecule has 0 aliphatic rings. The van der Waals surface area contributed by atoms with Crippen LogP contribution in [0.25, 0.3) is 10.9 Å². The third-order valence-electron chi connectivity index (χ3n) is 4.28. The van der Waals surface area contributed by atoms with Crippen LogP contribution in [0.2, 0.25) is 0 Å². The first-order chi connectivity index (χ1) is 12.4. The Kier molecular flexibility index (Phi) is 9.54. The second-order valence-corrected chi connectivity index (χ2v) is 6.59. The Bertz CT molecular complexity index is 775. The van der Waals surface area contributed by atoms with Crippen molar-refractivity contribution in [1.82, 2.24) is 20.5 Å². The van der Waals surface area contributed by atoms with Crippen LogP contribution in [0.5, 0.6) is 0 Å². The molecular weight excluding hydrogens is 460 g/mol. The van der Waals surface area contributed by atoms with Crippen molar-refractivity contribution in [2.24, 2.45) is 4.99 Å². The van der Waals surface area contributed by atoms with Crippen LogP contribution in [0.15, 0.2) is 29.4 Å². The van der Waals surface area contributed by atoms with Gasteiger partial charge < -0.3 is 20.5 Å². The van der Waals surface area contributed by atoms with Crippen LogP contribution in [-0.4, -0.2) is 55.0 Å². The van der Waals surface area contributed by atoms with Gasteiger partial charge in [0.2, 0.25) is 5.91 Å². The lowest BCUT2D eigenvalue weighted by molar-refractivity contribution is -0.127. The number of hydrogen-bond donors (Lipinski definition) is 3. The number of aromatic amines is 1. The number of hydrogen-bond acceptors (Lipinski definition) is 2. The zero-order chi connectivity index (χ0) is 19.1. The quantitative estimate of drug-likeness (QED) is 0.318. The summed E-state index contributed by atoms with van der Waals surface area (Å²) in [5.41, 5.74) is 1.91. The van der Waals surface area contributed by atoms with E-state index in [9.17, 15) is 9.18 Å². The summed E-state index contributed by atoms with van der Waals surface area (Å²) in [5, 5.41) is 7.59. The van der Waals surface area contributed by atoms with Crippen molar-refractivity contribution in [3.05, 3.63) is 35.8 Å². The molecule has 0 saturated carbocycles. The average Bonchev–Trinajstić information content (AvgIpc) is 3.00. The lowest BCUT2D eigenvalue weighted by Gasteiger charge is -2.17. The van der Waals surface area contributed by atoms with Gasteiger partial charge in [0, 0.05) is 43.8 Å². The van der Waals surface area contributed by atoms with Gasteiger partial charge in [0.05, 0.1) is 0 Å². The van der Waals surface area contributed by atoms with Gasteiger partial charge >= 0.3 is 0 Å². The summed E-state index contributed by atoms with van der Waals surface area (Å²) in [4.78, 5) is 20.8. The molecular formula is C19H29FIN5O. The van der Waals surface area contributed by atoms with Crippen molar-refractivity contribution >= 4 is 46.7 Å².